The zero-order valence-corrected chi connectivity index (χ0v) is 7.42. The summed E-state index contributed by atoms with van der Waals surface area (Å²) in [6.07, 6.45) is 1.78. The lowest BCUT2D eigenvalue weighted by Crippen LogP contribution is -2.62. The summed E-state index contributed by atoms with van der Waals surface area (Å²) in [5, 5.41) is 9.70. The van der Waals surface area contributed by atoms with Crippen molar-refractivity contribution in [3.63, 3.8) is 0 Å². The van der Waals surface area contributed by atoms with Crippen LogP contribution in [0.3, 0.4) is 0 Å². The van der Waals surface area contributed by atoms with Gasteiger partial charge >= 0.3 is 0 Å². The van der Waals surface area contributed by atoms with Gasteiger partial charge in [-0.15, -0.1) is 0 Å². The summed E-state index contributed by atoms with van der Waals surface area (Å²) in [5.41, 5.74) is 4.45. The van der Waals surface area contributed by atoms with Gasteiger partial charge in [0.15, 0.2) is 0 Å². The molecule has 0 aromatic rings. The Hall–Kier alpha value is -0.610. The van der Waals surface area contributed by atoms with Crippen LogP contribution in [0.1, 0.15) is 19.8 Å². The first-order chi connectivity index (χ1) is 5.56. The molecule has 1 aliphatic rings. The maximum absolute atomic E-state index is 10.5. The van der Waals surface area contributed by atoms with Crippen molar-refractivity contribution >= 4 is 5.91 Å². The van der Waals surface area contributed by atoms with Gasteiger partial charge in [0.1, 0.15) is 0 Å². The summed E-state index contributed by atoms with van der Waals surface area (Å²) in [6, 6.07) is 0. The van der Waals surface area contributed by atoms with E-state index in [0.717, 1.165) is 12.8 Å². The molecule has 0 radical (unpaired) electrons. The molecular formula is C8H16N2O2. The first-order valence-corrected chi connectivity index (χ1v) is 4.29. The fourth-order valence-electron chi connectivity index (χ4n) is 1.74. The standard InChI is InChI=1S/C8H16N2O2/c1-2-3-8(12)5-10(6-8)4-7(9)11/h12H,2-6H2,1H3,(H2,9,11). The summed E-state index contributed by atoms with van der Waals surface area (Å²) in [5.74, 6) is -0.325. The molecule has 1 rings (SSSR count). The number of hydrogen-bond acceptors (Lipinski definition) is 3. The van der Waals surface area contributed by atoms with Gasteiger partial charge in [-0.2, -0.15) is 0 Å². The van der Waals surface area contributed by atoms with Crippen LogP contribution in [-0.4, -0.2) is 41.1 Å². The molecule has 0 atom stereocenters. The minimum absolute atomic E-state index is 0.270. The van der Waals surface area contributed by atoms with Crippen LogP contribution < -0.4 is 5.73 Å². The maximum Gasteiger partial charge on any atom is 0.231 e. The Labute approximate surface area is 72.3 Å². The van der Waals surface area contributed by atoms with Gasteiger partial charge in [0.2, 0.25) is 5.91 Å². The average Bonchev–Trinajstić information content (AvgIpc) is 1.83. The number of likely N-dealkylation sites (tertiary alicyclic amines) is 1. The number of rotatable bonds is 4. The third-order valence-electron chi connectivity index (χ3n) is 2.13. The lowest BCUT2D eigenvalue weighted by atomic mass is 9.89. The number of carbonyl (C=O) groups is 1. The molecule has 4 heteroatoms. The van der Waals surface area contributed by atoms with Crippen molar-refractivity contribution in [1.82, 2.24) is 4.90 Å². The van der Waals surface area contributed by atoms with E-state index in [1.807, 2.05) is 11.8 Å². The second-order valence-electron chi connectivity index (χ2n) is 3.59. The Balaban J connectivity index is 2.22. The van der Waals surface area contributed by atoms with Crippen LogP contribution in [0.4, 0.5) is 0 Å². The molecule has 1 amide bonds. The van der Waals surface area contributed by atoms with Crippen LogP contribution >= 0.6 is 0 Å². The molecule has 0 unspecified atom stereocenters. The minimum atomic E-state index is -0.551. The van der Waals surface area contributed by atoms with E-state index in [1.54, 1.807) is 0 Å². The first kappa shape index (κ1) is 9.48. The second kappa shape index (κ2) is 3.41. The van der Waals surface area contributed by atoms with Crippen molar-refractivity contribution < 1.29 is 9.90 Å². The van der Waals surface area contributed by atoms with Crippen molar-refractivity contribution in [2.75, 3.05) is 19.6 Å². The lowest BCUT2D eigenvalue weighted by molar-refractivity contribution is -0.131. The van der Waals surface area contributed by atoms with Crippen LogP contribution in [0.15, 0.2) is 0 Å². The Morgan fingerprint density at radius 3 is 2.67 bits per heavy atom. The predicted molar refractivity (Wildman–Crippen MR) is 45.5 cm³/mol. The van der Waals surface area contributed by atoms with Crippen molar-refractivity contribution in [2.45, 2.75) is 25.4 Å². The topological polar surface area (TPSA) is 66.6 Å². The van der Waals surface area contributed by atoms with E-state index in [2.05, 4.69) is 0 Å². The molecule has 0 saturated carbocycles. The number of carbonyl (C=O) groups excluding carboxylic acids is 1. The van der Waals surface area contributed by atoms with E-state index in [0.29, 0.717) is 13.1 Å². The lowest BCUT2D eigenvalue weighted by Gasteiger charge is -2.46. The summed E-state index contributed by atoms with van der Waals surface area (Å²) in [6.45, 7) is 3.48. The number of hydrogen-bond donors (Lipinski definition) is 2. The quantitative estimate of drug-likeness (QED) is 0.590. The first-order valence-electron chi connectivity index (χ1n) is 4.29. The highest BCUT2D eigenvalue weighted by Crippen LogP contribution is 2.24. The minimum Gasteiger partial charge on any atom is -0.387 e. The Morgan fingerprint density at radius 1 is 1.67 bits per heavy atom. The molecule has 0 bridgehead atoms. The summed E-state index contributed by atoms with van der Waals surface area (Å²) < 4.78 is 0. The van der Waals surface area contributed by atoms with E-state index in [-0.39, 0.29) is 12.5 Å². The van der Waals surface area contributed by atoms with Gasteiger partial charge in [0, 0.05) is 13.1 Å². The largest absolute Gasteiger partial charge is 0.387 e. The smallest absolute Gasteiger partial charge is 0.231 e. The van der Waals surface area contributed by atoms with Crippen molar-refractivity contribution in [1.29, 1.82) is 0 Å². The summed E-state index contributed by atoms with van der Waals surface area (Å²) in [7, 11) is 0. The Morgan fingerprint density at radius 2 is 2.25 bits per heavy atom. The number of amides is 1. The third kappa shape index (κ3) is 2.19. The molecule has 1 aliphatic heterocycles. The molecule has 0 spiro atoms. The van der Waals surface area contributed by atoms with Crippen LogP contribution in [0, 0.1) is 0 Å². The van der Waals surface area contributed by atoms with E-state index < -0.39 is 5.60 Å². The highest BCUT2D eigenvalue weighted by molar-refractivity contribution is 5.76. The van der Waals surface area contributed by atoms with Crippen molar-refractivity contribution in [3.05, 3.63) is 0 Å². The van der Waals surface area contributed by atoms with Gasteiger partial charge in [0.25, 0.3) is 0 Å². The normalized spacial score (nSPS) is 21.8. The predicted octanol–water partition coefficient (Wildman–Crippen LogP) is -0.681. The van der Waals surface area contributed by atoms with Crippen LogP contribution in [0.2, 0.25) is 0 Å². The molecule has 0 aromatic heterocycles. The van der Waals surface area contributed by atoms with E-state index in [4.69, 9.17) is 5.73 Å². The van der Waals surface area contributed by atoms with Gasteiger partial charge in [-0.1, -0.05) is 13.3 Å². The maximum atomic E-state index is 10.5. The summed E-state index contributed by atoms with van der Waals surface area (Å²) >= 11 is 0. The van der Waals surface area contributed by atoms with Crippen LogP contribution in [0.5, 0.6) is 0 Å². The molecule has 0 aliphatic carbocycles. The van der Waals surface area contributed by atoms with Gasteiger partial charge in [-0.05, 0) is 6.42 Å². The zero-order chi connectivity index (χ0) is 9.19. The van der Waals surface area contributed by atoms with Crippen LogP contribution in [0.25, 0.3) is 0 Å². The molecular weight excluding hydrogens is 156 g/mol. The molecule has 1 fully saturated rings. The molecule has 1 heterocycles. The second-order valence-corrected chi connectivity index (χ2v) is 3.59. The molecule has 1 saturated heterocycles. The highest BCUT2D eigenvalue weighted by atomic mass is 16.3. The van der Waals surface area contributed by atoms with Gasteiger partial charge in [0.05, 0.1) is 12.1 Å². The molecule has 12 heavy (non-hydrogen) atoms. The third-order valence-corrected chi connectivity index (χ3v) is 2.13. The monoisotopic (exact) mass is 172 g/mol. The Kier molecular flexibility index (Phi) is 2.69. The van der Waals surface area contributed by atoms with Crippen molar-refractivity contribution in [3.8, 4) is 0 Å². The van der Waals surface area contributed by atoms with Crippen LogP contribution in [-0.2, 0) is 4.79 Å². The zero-order valence-electron chi connectivity index (χ0n) is 7.42. The number of primary amides is 1. The van der Waals surface area contributed by atoms with Gasteiger partial charge < -0.3 is 10.8 Å². The van der Waals surface area contributed by atoms with Gasteiger partial charge in [-0.3, -0.25) is 9.69 Å². The number of nitrogens with zero attached hydrogens (tertiary/aromatic N) is 1. The molecule has 3 N–H and O–H groups in total. The summed E-state index contributed by atoms with van der Waals surface area (Å²) in [4.78, 5) is 12.3. The van der Waals surface area contributed by atoms with E-state index in [1.165, 1.54) is 0 Å². The van der Waals surface area contributed by atoms with Crippen molar-refractivity contribution in [2.24, 2.45) is 5.73 Å². The molecule has 4 nitrogen and oxygen atoms in total. The molecule has 0 aromatic carbocycles. The SMILES string of the molecule is CCCC1(O)CN(CC(N)=O)C1. The Bertz CT molecular complexity index is 176. The average molecular weight is 172 g/mol. The number of β-amino-alcohol motifs (C(OH)–C–C–N with tert-alkyl or cyclic N) is 1. The fraction of sp³-hybridized carbons (Fsp3) is 0.875. The highest BCUT2D eigenvalue weighted by Gasteiger charge is 2.40. The van der Waals surface area contributed by atoms with E-state index >= 15 is 0 Å². The van der Waals surface area contributed by atoms with Gasteiger partial charge in [-0.25, -0.2) is 0 Å². The van der Waals surface area contributed by atoms with E-state index in [9.17, 15) is 9.90 Å². The molecule has 70 valence electrons. The fourth-order valence-corrected chi connectivity index (χ4v) is 1.74. The number of nitrogens with two attached hydrogens (primary N) is 1. The number of aliphatic hydroxyl groups is 1.